The molecule has 0 radical (unpaired) electrons. The van der Waals surface area contributed by atoms with Crippen LogP contribution in [0.1, 0.15) is 13.8 Å². The Morgan fingerprint density at radius 1 is 1.23 bits per heavy atom. The number of nitrogens with one attached hydrogen (secondary N) is 2. The van der Waals surface area contributed by atoms with E-state index in [9.17, 15) is 4.79 Å². The predicted octanol–water partition coefficient (Wildman–Crippen LogP) is 2.54. The molecule has 3 aromatic rings. The van der Waals surface area contributed by atoms with E-state index >= 15 is 0 Å². The van der Waals surface area contributed by atoms with Gasteiger partial charge in [0, 0.05) is 36.5 Å². The summed E-state index contributed by atoms with van der Waals surface area (Å²) < 4.78 is 1.74. The smallest absolute Gasteiger partial charge is 0.172 e. The van der Waals surface area contributed by atoms with Gasteiger partial charge in [-0.15, -0.1) is 0 Å². The van der Waals surface area contributed by atoms with Crippen LogP contribution in [0, 0.1) is 5.92 Å². The van der Waals surface area contributed by atoms with E-state index in [1.54, 1.807) is 23.1 Å². The maximum Gasteiger partial charge on any atom is 0.172 e. The van der Waals surface area contributed by atoms with Crippen molar-refractivity contribution in [1.29, 1.82) is 0 Å². The Hall–Kier alpha value is -2.87. The van der Waals surface area contributed by atoms with Crippen LogP contribution in [0.3, 0.4) is 0 Å². The van der Waals surface area contributed by atoms with Crippen molar-refractivity contribution in [3.05, 3.63) is 36.8 Å². The van der Waals surface area contributed by atoms with Gasteiger partial charge in [-0.1, -0.05) is 13.8 Å². The second-order valence-corrected chi connectivity index (χ2v) is 6.70. The Morgan fingerprint density at radius 3 is 2.73 bits per heavy atom. The first-order chi connectivity index (χ1) is 12.4. The van der Waals surface area contributed by atoms with Crippen LogP contribution >= 0.6 is 12.2 Å². The molecule has 0 saturated heterocycles. The molecule has 0 aliphatic carbocycles. The average Bonchev–Trinajstić information content (AvgIpc) is 3.05. The molecule has 0 amide bonds. The largest absolute Gasteiger partial charge is 0.355 e. The molecule has 3 aromatic heterocycles. The molecule has 0 atom stereocenters. The number of pyridine rings is 2. The van der Waals surface area contributed by atoms with Crippen LogP contribution in [-0.4, -0.2) is 37.2 Å². The van der Waals surface area contributed by atoms with E-state index in [1.165, 1.54) is 0 Å². The first-order valence-electron chi connectivity index (χ1n) is 8.26. The van der Waals surface area contributed by atoms with Crippen molar-refractivity contribution in [3.8, 4) is 11.1 Å². The molecule has 26 heavy (non-hydrogen) atoms. The molecular weight excluding hydrogens is 348 g/mol. The number of anilines is 1. The van der Waals surface area contributed by atoms with E-state index in [0.29, 0.717) is 10.9 Å². The zero-order valence-electron chi connectivity index (χ0n) is 14.9. The van der Waals surface area contributed by atoms with E-state index in [0.717, 1.165) is 22.2 Å². The fourth-order valence-electron chi connectivity index (χ4n) is 2.34. The van der Waals surface area contributed by atoms with Crippen molar-refractivity contribution in [2.24, 2.45) is 13.0 Å². The van der Waals surface area contributed by atoms with Gasteiger partial charge in [0.25, 0.3) is 0 Å². The quantitative estimate of drug-likeness (QED) is 0.670. The topological polar surface area (TPSA) is 84.7 Å². The van der Waals surface area contributed by atoms with Crippen molar-refractivity contribution in [2.75, 3.05) is 11.9 Å². The lowest BCUT2D eigenvalue weighted by atomic mass is 10.1. The highest BCUT2D eigenvalue weighted by Gasteiger charge is 2.09. The lowest BCUT2D eigenvalue weighted by molar-refractivity contribution is -0.120. The summed E-state index contributed by atoms with van der Waals surface area (Å²) in [5, 5.41) is 10.5. The van der Waals surface area contributed by atoms with Crippen LogP contribution in [0.4, 0.5) is 5.82 Å². The average molecular weight is 368 g/mol. The molecule has 0 fully saturated rings. The van der Waals surface area contributed by atoms with Crippen molar-refractivity contribution in [3.63, 3.8) is 0 Å². The third-order valence-electron chi connectivity index (χ3n) is 3.88. The molecule has 134 valence electrons. The lowest BCUT2D eigenvalue weighted by Crippen LogP contribution is -2.34. The third kappa shape index (κ3) is 4.20. The number of carbonyl (C=O) groups excluding carboxylic acids is 1. The van der Waals surface area contributed by atoms with Crippen molar-refractivity contribution < 1.29 is 4.79 Å². The second kappa shape index (κ2) is 7.57. The Labute approximate surface area is 156 Å². The van der Waals surface area contributed by atoms with Gasteiger partial charge in [0.2, 0.25) is 0 Å². The SMILES string of the molecule is CC(C)C(=O)CNC(=S)Nc1ccc2ncc(-c3cnn(C)c3)cc2n1. The summed E-state index contributed by atoms with van der Waals surface area (Å²) in [6.45, 7) is 3.92. The first-order valence-corrected chi connectivity index (χ1v) is 8.66. The molecule has 0 spiro atoms. The summed E-state index contributed by atoms with van der Waals surface area (Å²) in [4.78, 5) is 20.7. The monoisotopic (exact) mass is 368 g/mol. The molecule has 0 unspecified atom stereocenters. The summed E-state index contributed by atoms with van der Waals surface area (Å²) in [7, 11) is 1.87. The molecule has 0 aromatic carbocycles. The summed E-state index contributed by atoms with van der Waals surface area (Å²) in [5.74, 6) is 0.670. The number of carbonyl (C=O) groups is 1. The molecule has 0 saturated carbocycles. The number of aromatic nitrogens is 4. The van der Waals surface area contributed by atoms with E-state index in [2.05, 4.69) is 25.7 Å². The molecule has 3 rings (SSSR count). The van der Waals surface area contributed by atoms with Gasteiger partial charge in [-0.05, 0) is 30.4 Å². The standard InChI is InChI=1S/C18H20N6OS/c1-11(2)16(25)9-20-18(26)23-17-5-4-14-15(22-17)6-12(7-19-14)13-8-21-24(3)10-13/h4-8,10-11H,9H2,1-3H3,(H2,20,22,23,26). The highest BCUT2D eigenvalue weighted by atomic mass is 32.1. The van der Waals surface area contributed by atoms with Crippen molar-refractivity contribution in [2.45, 2.75) is 13.8 Å². The number of hydrogen-bond acceptors (Lipinski definition) is 5. The number of Topliss-reactive ketones (excluding diaryl/α,β-unsaturated/α-hetero) is 1. The minimum atomic E-state index is -0.0268. The highest BCUT2D eigenvalue weighted by Crippen LogP contribution is 2.22. The Balaban J connectivity index is 1.75. The van der Waals surface area contributed by atoms with Gasteiger partial charge in [0.1, 0.15) is 5.82 Å². The van der Waals surface area contributed by atoms with Crippen LogP contribution < -0.4 is 10.6 Å². The summed E-state index contributed by atoms with van der Waals surface area (Å²) in [6, 6.07) is 5.64. The lowest BCUT2D eigenvalue weighted by Gasteiger charge is -2.11. The first kappa shape index (κ1) is 17.9. The van der Waals surface area contributed by atoms with Gasteiger partial charge >= 0.3 is 0 Å². The van der Waals surface area contributed by atoms with Crippen molar-refractivity contribution in [1.82, 2.24) is 25.1 Å². The maximum atomic E-state index is 11.7. The second-order valence-electron chi connectivity index (χ2n) is 6.29. The summed E-state index contributed by atoms with van der Waals surface area (Å²) in [6.07, 6.45) is 5.52. The maximum absolute atomic E-state index is 11.7. The number of aryl methyl sites for hydroxylation is 1. The minimum Gasteiger partial charge on any atom is -0.355 e. The molecular formula is C18H20N6OS. The van der Waals surface area contributed by atoms with Crippen LogP contribution in [0.2, 0.25) is 0 Å². The normalized spacial score (nSPS) is 10.9. The molecule has 7 nitrogen and oxygen atoms in total. The number of thiocarbonyl (C=S) groups is 1. The van der Waals surface area contributed by atoms with Crippen LogP contribution in [-0.2, 0) is 11.8 Å². The number of nitrogens with zero attached hydrogens (tertiary/aromatic N) is 4. The van der Waals surface area contributed by atoms with Gasteiger partial charge in [-0.25, -0.2) is 4.98 Å². The van der Waals surface area contributed by atoms with Gasteiger partial charge in [-0.3, -0.25) is 14.5 Å². The molecule has 0 aliphatic rings. The molecule has 3 heterocycles. The van der Waals surface area contributed by atoms with E-state index in [1.807, 2.05) is 39.2 Å². The molecule has 0 aliphatic heterocycles. The zero-order chi connectivity index (χ0) is 18.7. The van der Waals surface area contributed by atoms with Gasteiger partial charge in [0.15, 0.2) is 10.9 Å². The van der Waals surface area contributed by atoms with Gasteiger partial charge in [0.05, 0.1) is 23.8 Å². The third-order valence-corrected chi connectivity index (χ3v) is 4.13. The van der Waals surface area contributed by atoms with Crippen molar-refractivity contribution >= 4 is 40.0 Å². The van der Waals surface area contributed by atoms with Crippen LogP contribution in [0.25, 0.3) is 22.2 Å². The fraction of sp³-hybridized carbons (Fsp3) is 0.278. The van der Waals surface area contributed by atoms with Crippen LogP contribution in [0.5, 0.6) is 0 Å². The number of fused-ring (bicyclic) bond motifs is 1. The zero-order valence-corrected chi connectivity index (χ0v) is 15.7. The Bertz CT molecular complexity index is 965. The molecule has 0 bridgehead atoms. The van der Waals surface area contributed by atoms with Gasteiger partial charge in [-0.2, -0.15) is 5.10 Å². The highest BCUT2D eigenvalue weighted by molar-refractivity contribution is 7.80. The number of rotatable bonds is 5. The van der Waals surface area contributed by atoms with E-state index in [-0.39, 0.29) is 18.2 Å². The predicted molar refractivity (Wildman–Crippen MR) is 106 cm³/mol. The Morgan fingerprint density at radius 2 is 2.04 bits per heavy atom. The molecule has 2 N–H and O–H groups in total. The van der Waals surface area contributed by atoms with Gasteiger partial charge < -0.3 is 10.6 Å². The van der Waals surface area contributed by atoms with E-state index in [4.69, 9.17) is 12.2 Å². The summed E-state index contributed by atoms with van der Waals surface area (Å²) >= 11 is 5.23. The van der Waals surface area contributed by atoms with Crippen LogP contribution in [0.15, 0.2) is 36.8 Å². The summed E-state index contributed by atoms with van der Waals surface area (Å²) in [5.41, 5.74) is 3.46. The number of ketones is 1. The minimum absolute atomic E-state index is 0.0268. The van der Waals surface area contributed by atoms with E-state index < -0.39 is 0 Å². The molecule has 8 heteroatoms. The fourth-order valence-corrected chi connectivity index (χ4v) is 2.51. The Kier molecular flexibility index (Phi) is 5.22. The number of hydrogen-bond donors (Lipinski definition) is 2.